The summed E-state index contributed by atoms with van der Waals surface area (Å²) in [6, 6.07) is 21.9. The van der Waals surface area contributed by atoms with Gasteiger partial charge in [-0.3, -0.25) is 4.79 Å². The zero-order valence-corrected chi connectivity index (χ0v) is 15.5. The highest BCUT2D eigenvalue weighted by atomic mass is 79.9. The molecule has 3 nitrogen and oxygen atoms in total. The van der Waals surface area contributed by atoms with E-state index in [0.29, 0.717) is 10.1 Å². The summed E-state index contributed by atoms with van der Waals surface area (Å²) in [7, 11) is 0. The summed E-state index contributed by atoms with van der Waals surface area (Å²) < 4.78 is 0.892. The van der Waals surface area contributed by atoms with Gasteiger partial charge in [0.05, 0.1) is 10.6 Å². The maximum Gasteiger partial charge on any atom is 0.264 e. The Labute approximate surface area is 158 Å². The minimum atomic E-state index is -0.122. The van der Waals surface area contributed by atoms with Crippen LogP contribution in [-0.2, 0) is 4.79 Å². The summed E-state index contributed by atoms with van der Waals surface area (Å²) in [4.78, 5) is 17.5. The maximum atomic E-state index is 12.3. The fraction of sp³-hybridized carbons (Fsp3) is 0. The van der Waals surface area contributed by atoms with Crippen molar-refractivity contribution in [1.82, 2.24) is 5.32 Å². The van der Waals surface area contributed by atoms with Gasteiger partial charge in [0.1, 0.15) is 0 Å². The molecule has 0 atom stereocenters. The molecule has 1 fully saturated rings. The van der Waals surface area contributed by atoms with E-state index in [9.17, 15) is 4.79 Å². The zero-order valence-electron chi connectivity index (χ0n) is 13.1. The highest BCUT2D eigenvalue weighted by Crippen LogP contribution is 2.32. The second kappa shape index (κ2) is 6.86. The van der Waals surface area contributed by atoms with Crippen LogP contribution in [0.4, 0.5) is 5.69 Å². The molecule has 1 N–H and O–H groups in total. The van der Waals surface area contributed by atoms with E-state index < -0.39 is 0 Å². The Bertz CT molecular complexity index is 1040. The van der Waals surface area contributed by atoms with E-state index in [0.717, 1.165) is 26.5 Å². The molecule has 1 saturated heterocycles. The van der Waals surface area contributed by atoms with Crippen LogP contribution < -0.4 is 5.32 Å². The quantitative estimate of drug-likeness (QED) is 0.569. The molecule has 1 aliphatic rings. The largest absolute Gasteiger partial charge is 0.300 e. The number of hydrogen-bond donors (Lipinski definition) is 1. The molecule has 1 aliphatic heterocycles. The molecule has 122 valence electrons. The molecule has 5 heteroatoms. The number of nitrogens with zero attached hydrogens (tertiary/aromatic N) is 1. The molecule has 3 aromatic carbocycles. The normalized spacial score (nSPS) is 17.4. The number of fused-ring (bicyclic) bond motifs is 1. The van der Waals surface area contributed by atoms with Crippen molar-refractivity contribution < 1.29 is 4.79 Å². The molecular weight excluding hydrogens is 396 g/mol. The number of amidine groups is 1. The van der Waals surface area contributed by atoms with Crippen LogP contribution >= 0.6 is 27.7 Å². The number of aliphatic imine (C=N–C) groups is 1. The third-order valence-corrected chi connectivity index (χ3v) is 5.42. The number of benzene rings is 3. The Morgan fingerprint density at radius 3 is 2.60 bits per heavy atom. The molecule has 0 spiro atoms. The van der Waals surface area contributed by atoms with Crippen molar-refractivity contribution in [2.24, 2.45) is 4.99 Å². The smallest absolute Gasteiger partial charge is 0.264 e. The summed E-state index contributed by atoms with van der Waals surface area (Å²) in [5, 5.41) is 5.70. The number of halogens is 1. The molecular formula is C20H13BrN2OS. The van der Waals surface area contributed by atoms with Gasteiger partial charge in [0, 0.05) is 4.47 Å². The molecule has 0 aliphatic carbocycles. The number of carbonyl (C=O) groups is 1. The first-order chi connectivity index (χ1) is 12.2. The fourth-order valence-corrected chi connectivity index (χ4v) is 3.85. The molecule has 0 unspecified atom stereocenters. The van der Waals surface area contributed by atoms with Gasteiger partial charge >= 0.3 is 0 Å². The van der Waals surface area contributed by atoms with Crippen LogP contribution in [0.1, 0.15) is 5.56 Å². The van der Waals surface area contributed by atoms with Gasteiger partial charge in [0.15, 0.2) is 5.17 Å². The van der Waals surface area contributed by atoms with Crippen LogP contribution in [0.5, 0.6) is 0 Å². The van der Waals surface area contributed by atoms with Crippen molar-refractivity contribution >= 4 is 61.3 Å². The average molecular weight is 409 g/mol. The molecule has 0 radical (unpaired) electrons. The van der Waals surface area contributed by atoms with Crippen LogP contribution in [0.15, 0.2) is 81.1 Å². The van der Waals surface area contributed by atoms with Crippen LogP contribution in [0, 0.1) is 0 Å². The molecule has 0 bridgehead atoms. The first-order valence-electron chi connectivity index (χ1n) is 7.72. The van der Waals surface area contributed by atoms with E-state index in [-0.39, 0.29) is 5.91 Å². The van der Waals surface area contributed by atoms with Gasteiger partial charge < -0.3 is 5.32 Å². The monoisotopic (exact) mass is 408 g/mol. The predicted molar refractivity (Wildman–Crippen MR) is 109 cm³/mol. The zero-order chi connectivity index (χ0) is 17.2. The summed E-state index contributed by atoms with van der Waals surface area (Å²) in [6.45, 7) is 0. The Hall–Kier alpha value is -2.37. The predicted octanol–water partition coefficient (Wildman–Crippen LogP) is 5.49. The van der Waals surface area contributed by atoms with Crippen LogP contribution in [-0.4, -0.2) is 11.1 Å². The highest BCUT2D eigenvalue weighted by Gasteiger charge is 2.24. The van der Waals surface area contributed by atoms with Gasteiger partial charge in [0.25, 0.3) is 5.91 Å². The van der Waals surface area contributed by atoms with Crippen LogP contribution in [0.2, 0.25) is 0 Å². The number of nitrogens with one attached hydrogen (secondary N) is 1. The number of amides is 1. The van der Waals surface area contributed by atoms with Crippen molar-refractivity contribution in [1.29, 1.82) is 0 Å². The first-order valence-corrected chi connectivity index (χ1v) is 9.33. The molecule has 25 heavy (non-hydrogen) atoms. The number of rotatable bonds is 2. The Kier molecular flexibility index (Phi) is 4.42. The maximum absolute atomic E-state index is 12.3. The Morgan fingerprint density at radius 2 is 1.72 bits per heavy atom. The van der Waals surface area contributed by atoms with Crippen molar-refractivity contribution in [2.75, 3.05) is 0 Å². The second-order valence-electron chi connectivity index (χ2n) is 5.50. The lowest BCUT2D eigenvalue weighted by Gasteiger charge is -2.02. The van der Waals surface area contributed by atoms with E-state index in [4.69, 9.17) is 0 Å². The molecule has 1 heterocycles. The number of para-hydroxylation sites is 1. The van der Waals surface area contributed by atoms with Crippen molar-refractivity contribution in [3.05, 3.63) is 81.7 Å². The van der Waals surface area contributed by atoms with Crippen molar-refractivity contribution in [2.45, 2.75) is 0 Å². The van der Waals surface area contributed by atoms with Gasteiger partial charge in [-0.15, -0.1) is 0 Å². The van der Waals surface area contributed by atoms with Crippen LogP contribution in [0.25, 0.3) is 16.8 Å². The summed E-state index contributed by atoms with van der Waals surface area (Å²) in [6.07, 6.45) is 1.92. The molecule has 0 saturated carbocycles. The first kappa shape index (κ1) is 16.1. The standard InChI is InChI=1S/C20H13BrN2OS/c21-16-10-3-4-11-17(16)22-20-23-19(24)18(25-20)12-14-8-5-7-13-6-1-2-9-15(13)14/h1-12H,(H,22,23,24). The van der Waals surface area contributed by atoms with E-state index in [1.165, 1.54) is 11.8 Å². The third kappa shape index (κ3) is 3.38. The van der Waals surface area contributed by atoms with E-state index >= 15 is 0 Å². The lowest BCUT2D eigenvalue weighted by Crippen LogP contribution is -2.19. The molecule has 0 aromatic heterocycles. The fourth-order valence-electron chi connectivity index (χ4n) is 2.65. The summed E-state index contributed by atoms with van der Waals surface area (Å²) in [5.74, 6) is -0.122. The Morgan fingerprint density at radius 1 is 0.960 bits per heavy atom. The van der Waals surface area contributed by atoms with Crippen molar-refractivity contribution in [3.8, 4) is 0 Å². The molecule has 3 aromatic rings. The van der Waals surface area contributed by atoms with Gasteiger partial charge in [-0.25, -0.2) is 4.99 Å². The topological polar surface area (TPSA) is 41.5 Å². The van der Waals surface area contributed by atoms with Crippen LogP contribution in [0.3, 0.4) is 0 Å². The number of hydrogen-bond acceptors (Lipinski definition) is 3. The molecule has 1 amide bonds. The lowest BCUT2D eigenvalue weighted by molar-refractivity contribution is -0.115. The average Bonchev–Trinajstić information content (AvgIpc) is 2.97. The number of thioether (sulfide) groups is 1. The second-order valence-corrected chi connectivity index (χ2v) is 7.39. The van der Waals surface area contributed by atoms with Gasteiger partial charge in [-0.2, -0.15) is 0 Å². The SMILES string of the molecule is O=C1NC(=Nc2ccccc2Br)SC1=Cc1cccc2ccccc12. The minimum absolute atomic E-state index is 0.122. The highest BCUT2D eigenvalue weighted by molar-refractivity contribution is 9.10. The lowest BCUT2D eigenvalue weighted by atomic mass is 10.0. The van der Waals surface area contributed by atoms with E-state index in [1.807, 2.05) is 54.6 Å². The summed E-state index contributed by atoms with van der Waals surface area (Å²) >= 11 is 4.83. The number of carbonyl (C=O) groups excluding carboxylic acids is 1. The van der Waals surface area contributed by atoms with E-state index in [2.05, 4.69) is 44.4 Å². The Balaban J connectivity index is 1.69. The summed E-state index contributed by atoms with van der Waals surface area (Å²) in [5.41, 5.74) is 1.81. The molecule has 4 rings (SSSR count). The van der Waals surface area contributed by atoms with E-state index in [1.54, 1.807) is 0 Å². The van der Waals surface area contributed by atoms with Gasteiger partial charge in [0.2, 0.25) is 0 Å². The van der Waals surface area contributed by atoms with Gasteiger partial charge in [-0.05, 0) is 62.2 Å². The minimum Gasteiger partial charge on any atom is -0.300 e. The van der Waals surface area contributed by atoms with Gasteiger partial charge in [-0.1, -0.05) is 54.6 Å². The third-order valence-electron chi connectivity index (χ3n) is 3.84. The van der Waals surface area contributed by atoms with Crippen molar-refractivity contribution in [3.63, 3.8) is 0 Å².